The van der Waals surface area contributed by atoms with Gasteiger partial charge in [-0.2, -0.15) is 0 Å². The molecule has 0 fully saturated rings. The Morgan fingerprint density at radius 1 is 1.62 bits per heavy atom. The zero-order valence-corrected chi connectivity index (χ0v) is 9.92. The predicted molar refractivity (Wildman–Crippen MR) is 66.6 cm³/mol. The quantitative estimate of drug-likeness (QED) is 0.779. The molecule has 1 aromatic rings. The molecule has 0 bridgehead atoms. The SMILES string of the molecule is C=CCNC(=O)N[C@H](C)c1cccc(Cl)c1. The van der Waals surface area contributed by atoms with Crippen molar-refractivity contribution in [2.75, 3.05) is 6.54 Å². The summed E-state index contributed by atoms with van der Waals surface area (Å²) in [7, 11) is 0. The summed E-state index contributed by atoms with van der Waals surface area (Å²) >= 11 is 5.87. The van der Waals surface area contributed by atoms with Crippen molar-refractivity contribution in [1.29, 1.82) is 0 Å². The van der Waals surface area contributed by atoms with E-state index >= 15 is 0 Å². The zero-order chi connectivity index (χ0) is 12.0. The molecule has 0 aromatic heterocycles. The number of urea groups is 1. The number of nitrogens with one attached hydrogen (secondary N) is 2. The van der Waals surface area contributed by atoms with Crippen molar-refractivity contribution in [3.63, 3.8) is 0 Å². The van der Waals surface area contributed by atoms with Crippen LogP contribution in [-0.4, -0.2) is 12.6 Å². The summed E-state index contributed by atoms with van der Waals surface area (Å²) in [5, 5.41) is 6.11. The molecule has 0 saturated heterocycles. The number of carbonyl (C=O) groups excluding carboxylic acids is 1. The number of amides is 2. The van der Waals surface area contributed by atoms with Gasteiger partial charge in [-0.15, -0.1) is 6.58 Å². The number of carbonyl (C=O) groups is 1. The third kappa shape index (κ3) is 3.95. The van der Waals surface area contributed by atoms with E-state index in [9.17, 15) is 4.79 Å². The Balaban J connectivity index is 2.54. The number of rotatable bonds is 4. The summed E-state index contributed by atoms with van der Waals surface area (Å²) < 4.78 is 0. The Labute approximate surface area is 100 Å². The molecule has 0 heterocycles. The lowest BCUT2D eigenvalue weighted by Crippen LogP contribution is -2.37. The van der Waals surface area contributed by atoms with Crippen LogP contribution in [0.4, 0.5) is 4.79 Å². The van der Waals surface area contributed by atoms with Gasteiger partial charge in [0.05, 0.1) is 6.04 Å². The third-order valence-electron chi connectivity index (χ3n) is 2.10. The van der Waals surface area contributed by atoms with E-state index in [0.29, 0.717) is 11.6 Å². The number of hydrogen-bond donors (Lipinski definition) is 2. The van der Waals surface area contributed by atoms with E-state index in [2.05, 4.69) is 17.2 Å². The summed E-state index contributed by atoms with van der Waals surface area (Å²) in [6.07, 6.45) is 1.63. The highest BCUT2D eigenvalue weighted by Crippen LogP contribution is 2.16. The lowest BCUT2D eigenvalue weighted by molar-refractivity contribution is 0.239. The van der Waals surface area contributed by atoms with Crippen molar-refractivity contribution in [3.8, 4) is 0 Å². The Morgan fingerprint density at radius 2 is 2.38 bits per heavy atom. The van der Waals surface area contributed by atoms with Gasteiger partial charge in [-0.3, -0.25) is 0 Å². The second-order valence-electron chi connectivity index (χ2n) is 3.42. The van der Waals surface area contributed by atoms with Crippen LogP contribution >= 0.6 is 11.6 Å². The minimum Gasteiger partial charge on any atom is -0.335 e. The fourth-order valence-corrected chi connectivity index (χ4v) is 1.47. The third-order valence-corrected chi connectivity index (χ3v) is 2.34. The van der Waals surface area contributed by atoms with Gasteiger partial charge in [0, 0.05) is 11.6 Å². The monoisotopic (exact) mass is 238 g/mol. The average Bonchev–Trinajstić information content (AvgIpc) is 2.26. The molecule has 2 N–H and O–H groups in total. The normalized spacial score (nSPS) is 11.6. The molecule has 16 heavy (non-hydrogen) atoms. The highest BCUT2D eigenvalue weighted by molar-refractivity contribution is 6.30. The van der Waals surface area contributed by atoms with E-state index in [1.165, 1.54) is 0 Å². The van der Waals surface area contributed by atoms with Crippen LogP contribution in [0.3, 0.4) is 0 Å². The fraction of sp³-hybridized carbons (Fsp3) is 0.250. The molecule has 0 radical (unpaired) electrons. The van der Waals surface area contributed by atoms with Crippen molar-refractivity contribution < 1.29 is 4.79 Å². The Bertz CT molecular complexity index is 379. The molecule has 4 heteroatoms. The van der Waals surface area contributed by atoms with E-state index < -0.39 is 0 Å². The lowest BCUT2D eigenvalue weighted by Gasteiger charge is -2.14. The molecule has 1 aromatic carbocycles. The first-order valence-electron chi connectivity index (χ1n) is 5.04. The first-order chi connectivity index (χ1) is 7.63. The van der Waals surface area contributed by atoms with Crippen molar-refractivity contribution in [2.45, 2.75) is 13.0 Å². The average molecular weight is 239 g/mol. The molecule has 0 saturated carbocycles. The van der Waals surface area contributed by atoms with E-state index in [-0.39, 0.29) is 12.1 Å². The van der Waals surface area contributed by atoms with Crippen LogP contribution in [0.15, 0.2) is 36.9 Å². The maximum Gasteiger partial charge on any atom is 0.315 e. The van der Waals surface area contributed by atoms with Gasteiger partial charge in [0.15, 0.2) is 0 Å². The molecular formula is C12H15ClN2O. The molecule has 0 aliphatic rings. The number of benzene rings is 1. The summed E-state index contributed by atoms with van der Waals surface area (Å²) in [4.78, 5) is 11.4. The molecule has 0 aliphatic heterocycles. The van der Waals surface area contributed by atoms with Gasteiger partial charge < -0.3 is 10.6 Å². The summed E-state index contributed by atoms with van der Waals surface area (Å²) in [6.45, 7) is 5.88. The molecule has 1 rings (SSSR count). The first kappa shape index (κ1) is 12.6. The van der Waals surface area contributed by atoms with Crippen LogP contribution in [0.2, 0.25) is 5.02 Å². The molecular weight excluding hydrogens is 224 g/mol. The van der Waals surface area contributed by atoms with Crippen molar-refractivity contribution in [1.82, 2.24) is 10.6 Å². The highest BCUT2D eigenvalue weighted by atomic mass is 35.5. The largest absolute Gasteiger partial charge is 0.335 e. The summed E-state index contributed by atoms with van der Waals surface area (Å²) in [5.74, 6) is 0. The molecule has 0 aliphatic carbocycles. The topological polar surface area (TPSA) is 41.1 Å². The van der Waals surface area contributed by atoms with E-state index in [1.54, 1.807) is 12.1 Å². The molecule has 0 unspecified atom stereocenters. The first-order valence-corrected chi connectivity index (χ1v) is 5.42. The number of halogens is 1. The minimum atomic E-state index is -0.215. The maximum absolute atomic E-state index is 11.4. The second-order valence-corrected chi connectivity index (χ2v) is 3.86. The Morgan fingerprint density at radius 3 is 3.00 bits per heavy atom. The molecule has 86 valence electrons. The van der Waals surface area contributed by atoms with Gasteiger partial charge in [0.2, 0.25) is 0 Å². The minimum absolute atomic E-state index is 0.0801. The van der Waals surface area contributed by atoms with Crippen LogP contribution in [0.1, 0.15) is 18.5 Å². The second kappa shape index (κ2) is 6.18. The summed E-state index contributed by atoms with van der Waals surface area (Å²) in [5.41, 5.74) is 0.973. The smallest absolute Gasteiger partial charge is 0.315 e. The molecule has 1 atom stereocenters. The fourth-order valence-electron chi connectivity index (χ4n) is 1.27. The van der Waals surface area contributed by atoms with Crippen LogP contribution in [0, 0.1) is 0 Å². The van der Waals surface area contributed by atoms with Crippen molar-refractivity contribution in [3.05, 3.63) is 47.5 Å². The molecule has 3 nitrogen and oxygen atoms in total. The summed E-state index contributed by atoms with van der Waals surface area (Å²) in [6, 6.07) is 7.12. The van der Waals surface area contributed by atoms with Crippen LogP contribution in [0.5, 0.6) is 0 Å². The van der Waals surface area contributed by atoms with Gasteiger partial charge in [-0.1, -0.05) is 29.8 Å². The molecule has 0 spiro atoms. The van der Waals surface area contributed by atoms with Crippen LogP contribution < -0.4 is 10.6 Å². The predicted octanol–water partition coefficient (Wildman–Crippen LogP) is 2.89. The zero-order valence-electron chi connectivity index (χ0n) is 9.16. The van der Waals surface area contributed by atoms with E-state index in [4.69, 9.17) is 11.6 Å². The van der Waals surface area contributed by atoms with Gasteiger partial charge in [-0.05, 0) is 24.6 Å². The Kier molecular flexibility index (Phi) is 4.86. The van der Waals surface area contributed by atoms with Gasteiger partial charge >= 0.3 is 6.03 Å². The highest BCUT2D eigenvalue weighted by Gasteiger charge is 2.08. The van der Waals surface area contributed by atoms with Crippen molar-refractivity contribution in [2.24, 2.45) is 0 Å². The Hall–Kier alpha value is -1.48. The molecule has 2 amide bonds. The van der Waals surface area contributed by atoms with Gasteiger partial charge in [-0.25, -0.2) is 4.79 Å². The van der Waals surface area contributed by atoms with Crippen molar-refractivity contribution >= 4 is 17.6 Å². The van der Waals surface area contributed by atoms with Gasteiger partial charge in [0.25, 0.3) is 0 Å². The number of hydrogen-bond acceptors (Lipinski definition) is 1. The van der Waals surface area contributed by atoms with Crippen LogP contribution in [0.25, 0.3) is 0 Å². The maximum atomic E-state index is 11.4. The van der Waals surface area contributed by atoms with E-state index in [0.717, 1.165) is 5.56 Å². The van der Waals surface area contributed by atoms with E-state index in [1.807, 2.05) is 25.1 Å². The van der Waals surface area contributed by atoms with Gasteiger partial charge in [0.1, 0.15) is 0 Å². The van der Waals surface area contributed by atoms with Crippen LogP contribution in [-0.2, 0) is 0 Å². The lowest BCUT2D eigenvalue weighted by atomic mass is 10.1. The standard InChI is InChI=1S/C12H15ClN2O/c1-3-7-14-12(16)15-9(2)10-5-4-6-11(13)8-10/h3-6,8-9H,1,7H2,2H3,(H2,14,15,16)/t9-/m1/s1.